The van der Waals surface area contributed by atoms with E-state index in [0.29, 0.717) is 6.04 Å². The second-order valence-corrected chi connectivity index (χ2v) is 12.3. The van der Waals surface area contributed by atoms with Crippen LogP contribution in [0.15, 0.2) is 103 Å². The highest BCUT2D eigenvalue weighted by Crippen LogP contribution is 2.35. The predicted octanol–water partition coefficient (Wildman–Crippen LogP) is 3.62. The molecule has 1 saturated heterocycles. The zero-order chi connectivity index (χ0) is 24.0. The van der Waals surface area contributed by atoms with E-state index in [2.05, 4.69) is 36.2 Å². The lowest BCUT2D eigenvalue weighted by molar-refractivity contribution is -0.00953. The number of hydrogen-bond donors (Lipinski definition) is 2. The van der Waals surface area contributed by atoms with E-state index in [4.69, 9.17) is 9.16 Å². The summed E-state index contributed by atoms with van der Waals surface area (Å²) in [6, 6.07) is 30.7. The van der Waals surface area contributed by atoms with Gasteiger partial charge in [0.25, 0.3) is 8.32 Å². The van der Waals surface area contributed by atoms with Gasteiger partial charge in [-0.3, -0.25) is 0 Å². The number of amides is 1. The SMILES string of the molecule is C=C(C)[C@H]1C[Si](c2ccccc2)(c2ccccc2)O[C@@H](CNC(=O)OCc2ccccc2)[C@@H]1O. The standard InChI is InChI=1S/C28H31NO4Si/c1-21(2)25-20-34(23-14-8-4-9-15-23,24-16-10-5-11-17-24)33-26(27(25)30)18-29-28(31)32-19-22-12-6-3-7-13-22/h3-17,25-27,30H,1,18-20H2,2H3,(H,29,31)/t25-,26+,27-/m1/s1. The predicted molar refractivity (Wildman–Crippen MR) is 137 cm³/mol. The minimum absolute atomic E-state index is 0.145. The molecular formula is C28H31NO4Si. The minimum Gasteiger partial charge on any atom is -0.445 e. The average molecular weight is 474 g/mol. The molecule has 0 aromatic heterocycles. The largest absolute Gasteiger partial charge is 0.445 e. The first-order chi connectivity index (χ1) is 16.5. The minimum atomic E-state index is -2.72. The van der Waals surface area contributed by atoms with E-state index in [9.17, 15) is 9.90 Å². The van der Waals surface area contributed by atoms with Gasteiger partial charge in [0.05, 0.1) is 12.2 Å². The van der Waals surface area contributed by atoms with Crippen LogP contribution in [0.25, 0.3) is 0 Å². The van der Waals surface area contributed by atoms with Gasteiger partial charge in [-0.15, -0.1) is 0 Å². The molecule has 3 aromatic carbocycles. The Morgan fingerprint density at radius 3 is 2.06 bits per heavy atom. The first-order valence-corrected chi connectivity index (χ1v) is 13.7. The molecule has 0 spiro atoms. The van der Waals surface area contributed by atoms with Gasteiger partial charge < -0.3 is 19.6 Å². The van der Waals surface area contributed by atoms with E-state index in [0.717, 1.165) is 21.5 Å². The van der Waals surface area contributed by atoms with Crippen molar-refractivity contribution in [3.05, 3.63) is 109 Å². The number of aliphatic hydroxyl groups is 1. The third-order valence-corrected chi connectivity index (χ3v) is 10.7. The maximum absolute atomic E-state index is 12.4. The van der Waals surface area contributed by atoms with Crippen LogP contribution in [0.4, 0.5) is 4.79 Å². The van der Waals surface area contributed by atoms with E-state index in [1.165, 1.54) is 0 Å². The Balaban J connectivity index is 1.57. The Morgan fingerprint density at radius 1 is 1.00 bits per heavy atom. The fourth-order valence-corrected chi connectivity index (χ4v) is 9.19. The maximum Gasteiger partial charge on any atom is 0.407 e. The first kappa shape index (κ1) is 23.9. The molecule has 1 fully saturated rings. The second kappa shape index (κ2) is 10.8. The first-order valence-electron chi connectivity index (χ1n) is 11.6. The van der Waals surface area contributed by atoms with Crippen molar-refractivity contribution in [2.75, 3.05) is 6.54 Å². The monoisotopic (exact) mass is 473 g/mol. The molecule has 2 N–H and O–H groups in total. The van der Waals surface area contributed by atoms with E-state index in [1.807, 2.05) is 73.7 Å². The van der Waals surface area contributed by atoms with Crippen LogP contribution in [-0.2, 0) is 15.8 Å². The molecule has 1 amide bonds. The summed E-state index contributed by atoms with van der Waals surface area (Å²) in [5.41, 5.74) is 1.82. The zero-order valence-electron chi connectivity index (χ0n) is 19.4. The van der Waals surface area contributed by atoms with E-state index < -0.39 is 26.6 Å². The Labute approximate surface area is 202 Å². The number of aliphatic hydroxyl groups excluding tert-OH is 1. The molecule has 176 valence electrons. The molecule has 3 aromatic rings. The van der Waals surface area contributed by atoms with Crippen LogP contribution in [0.5, 0.6) is 0 Å². The van der Waals surface area contributed by atoms with Crippen LogP contribution in [-0.4, -0.2) is 38.3 Å². The summed E-state index contributed by atoms with van der Waals surface area (Å²) < 4.78 is 12.2. The van der Waals surface area contributed by atoms with Crippen molar-refractivity contribution in [2.45, 2.75) is 31.8 Å². The second-order valence-electron chi connectivity index (χ2n) is 8.81. The Morgan fingerprint density at radius 2 is 1.53 bits per heavy atom. The highest BCUT2D eigenvalue weighted by molar-refractivity contribution is 6.97. The fraction of sp³-hybridized carbons (Fsp3) is 0.250. The van der Waals surface area contributed by atoms with Gasteiger partial charge in [0.2, 0.25) is 0 Å². The molecule has 1 aliphatic rings. The van der Waals surface area contributed by atoms with Gasteiger partial charge in [0.1, 0.15) is 6.61 Å². The number of benzene rings is 3. The lowest BCUT2D eigenvalue weighted by Crippen LogP contribution is -2.69. The van der Waals surface area contributed by atoms with Gasteiger partial charge >= 0.3 is 6.09 Å². The van der Waals surface area contributed by atoms with Gasteiger partial charge in [0, 0.05) is 12.5 Å². The lowest BCUT2D eigenvalue weighted by atomic mass is 9.93. The number of nitrogens with one attached hydrogen (secondary N) is 1. The quantitative estimate of drug-likeness (QED) is 0.406. The van der Waals surface area contributed by atoms with Crippen molar-refractivity contribution in [1.29, 1.82) is 0 Å². The molecule has 5 nitrogen and oxygen atoms in total. The van der Waals surface area contributed by atoms with Crippen LogP contribution in [0.2, 0.25) is 6.04 Å². The van der Waals surface area contributed by atoms with Gasteiger partial charge in [-0.25, -0.2) is 4.79 Å². The Bertz CT molecular complexity index is 1050. The van der Waals surface area contributed by atoms with E-state index in [1.54, 1.807) is 0 Å². The number of rotatable bonds is 7. The molecule has 0 bridgehead atoms. The van der Waals surface area contributed by atoms with Gasteiger partial charge in [0.15, 0.2) is 0 Å². The molecule has 6 heteroatoms. The molecule has 0 saturated carbocycles. The Hall–Kier alpha value is -3.19. The smallest absolute Gasteiger partial charge is 0.407 e. The van der Waals surface area contributed by atoms with E-state index >= 15 is 0 Å². The number of carbonyl (C=O) groups is 1. The maximum atomic E-state index is 12.4. The number of hydrogen-bond acceptors (Lipinski definition) is 4. The molecule has 0 radical (unpaired) electrons. The summed E-state index contributed by atoms with van der Waals surface area (Å²) in [6.45, 7) is 6.45. The van der Waals surface area contributed by atoms with Crippen LogP contribution >= 0.6 is 0 Å². The van der Waals surface area contributed by atoms with Crippen molar-refractivity contribution >= 4 is 24.8 Å². The van der Waals surface area contributed by atoms with Gasteiger partial charge in [-0.05, 0) is 28.9 Å². The van der Waals surface area contributed by atoms with Crippen molar-refractivity contribution in [1.82, 2.24) is 5.32 Å². The molecular weight excluding hydrogens is 442 g/mol. The van der Waals surface area contributed by atoms with Crippen molar-refractivity contribution in [3.8, 4) is 0 Å². The summed E-state index contributed by atoms with van der Waals surface area (Å²) >= 11 is 0. The fourth-order valence-electron chi connectivity index (χ4n) is 4.61. The highest BCUT2D eigenvalue weighted by atomic mass is 28.4. The summed E-state index contributed by atoms with van der Waals surface area (Å²) in [6.07, 6.45) is -1.91. The summed E-state index contributed by atoms with van der Waals surface area (Å²) in [5.74, 6) is -0.145. The van der Waals surface area contributed by atoms with Gasteiger partial charge in [-0.1, -0.05) is 103 Å². The molecule has 0 unspecified atom stereocenters. The molecule has 0 aliphatic carbocycles. The van der Waals surface area contributed by atoms with Crippen LogP contribution in [0.3, 0.4) is 0 Å². The number of ether oxygens (including phenoxy) is 1. The van der Waals surface area contributed by atoms with Crippen molar-refractivity contribution in [3.63, 3.8) is 0 Å². The third kappa shape index (κ3) is 5.30. The zero-order valence-corrected chi connectivity index (χ0v) is 20.4. The van der Waals surface area contributed by atoms with Crippen LogP contribution in [0, 0.1) is 5.92 Å². The van der Waals surface area contributed by atoms with Crippen molar-refractivity contribution in [2.24, 2.45) is 5.92 Å². The van der Waals surface area contributed by atoms with Crippen molar-refractivity contribution < 1.29 is 19.1 Å². The molecule has 1 heterocycles. The number of carbonyl (C=O) groups excluding carboxylic acids is 1. The molecule has 4 rings (SSSR count). The third-order valence-electron chi connectivity index (χ3n) is 6.43. The van der Waals surface area contributed by atoms with Gasteiger partial charge in [-0.2, -0.15) is 0 Å². The lowest BCUT2D eigenvalue weighted by Gasteiger charge is -2.47. The topological polar surface area (TPSA) is 67.8 Å². The summed E-state index contributed by atoms with van der Waals surface area (Å²) in [7, 11) is -2.72. The summed E-state index contributed by atoms with van der Waals surface area (Å²) in [4.78, 5) is 12.4. The molecule has 34 heavy (non-hydrogen) atoms. The normalized spacial score (nSPS) is 21.4. The molecule has 1 aliphatic heterocycles. The van der Waals surface area contributed by atoms with E-state index in [-0.39, 0.29) is 19.1 Å². The average Bonchev–Trinajstić information content (AvgIpc) is 2.88. The van der Waals surface area contributed by atoms with Crippen LogP contribution in [0.1, 0.15) is 12.5 Å². The summed E-state index contributed by atoms with van der Waals surface area (Å²) in [5, 5.41) is 16.3. The van der Waals surface area contributed by atoms with Crippen LogP contribution < -0.4 is 15.7 Å². The number of alkyl carbamates (subject to hydrolysis) is 1. The molecule has 3 atom stereocenters. The highest BCUT2D eigenvalue weighted by Gasteiger charge is 2.51. The Kier molecular flexibility index (Phi) is 7.62.